The summed E-state index contributed by atoms with van der Waals surface area (Å²) in [5.41, 5.74) is 1.10. The van der Waals surface area contributed by atoms with Crippen LogP contribution in [0, 0.1) is 6.92 Å². The Labute approximate surface area is 146 Å². The van der Waals surface area contributed by atoms with E-state index in [0.717, 1.165) is 5.69 Å². The molecule has 0 spiro atoms. The number of anilines is 1. The number of aromatic amines is 1. The summed E-state index contributed by atoms with van der Waals surface area (Å²) in [5.74, 6) is -0.815. The number of pyridine rings is 1. The maximum absolute atomic E-state index is 12.0. The van der Waals surface area contributed by atoms with Crippen LogP contribution in [-0.4, -0.2) is 38.7 Å². The lowest BCUT2D eigenvalue weighted by atomic mass is 10.1. The Kier molecular flexibility index (Phi) is 4.61. The molecule has 0 bridgehead atoms. The SMILES string of the molecule is COC(=O)c1cn(CCC(=O)Nc2nc(C)cs2)cc2c(=O)[nH]nc1-2. The van der Waals surface area contributed by atoms with Gasteiger partial charge in [-0.2, -0.15) is 5.10 Å². The molecule has 0 saturated carbocycles. The monoisotopic (exact) mass is 361 g/mol. The zero-order chi connectivity index (χ0) is 18.0. The molecule has 1 aromatic rings. The quantitative estimate of drug-likeness (QED) is 0.660. The fourth-order valence-electron chi connectivity index (χ4n) is 2.30. The van der Waals surface area contributed by atoms with Gasteiger partial charge in [-0.15, -0.1) is 11.3 Å². The molecule has 0 fully saturated rings. The Morgan fingerprint density at radius 3 is 2.88 bits per heavy atom. The molecule has 1 aromatic heterocycles. The molecular formula is C15H15N5O4S. The minimum absolute atomic E-state index is 0.154. The number of ether oxygens (including phenoxy) is 1. The van der Waals surface area contributed by atoms with Crippen LogP contribution in [0.15, 0.2) is 22.6 Å². The van der Waals surface area contributed by atoms with Crippen LogP contribution < -0.4 is 10.9 Å². The average Bonchev–Trinajstić information content (AvgIpc) is 3.17. The number of nitrogens with zero attached hydrogens (tertiary/aromatic N) is 3. The number of H-pyrrole nitrogens is 1. The van der Waals surface area contributed by atoms with Crippen molar-refractivity contribution in [1.29, 1.82) is 0 Å². The second-order valence-corrected chi connectivity index (χ2v) is 6.17. The molecule has 0 radical (unpaired) electrons. The topological polar surface area (TPSA) is 119 Å². The first-order valence-electron chi connectivity index (χ1n) is 7.36. The molecule has 2 aliphatic rings. The molecule has 3 rings (SSSR count). The molecule has 0 aromatic carbocycles. The van der Waals surface area contributed by atoms with Crippen molar-refractivity contribution in [3.63, 3.8) is 0 Å². The van der Waals surface area contributed by atoms with Gasteiger partial charge in [-0.25, -0.2) is 14.9 Å². The van der Waals surface area contributed by atoms with E-state index in [1.165, 1.54) is 24.6 Å². The maximum atomic E-state index is 12.0. The third-order valence-corrected chi connectivity index (χ3v) is 4.36. The number of fused-ring (bicyclic) bond motifs is 1. The summed E-state index contributed by atoms with van der Waals surface area (Å²) < 4.78 is 6.32. The van der Waals surface area contributed by atoms with Crippen LogP contribution >= 0.6 is 11.3 Å². The lowest BCUT2D eigenvalue weighted by molar-refractivity contribution is -0.116. The molecule has 10 heteroatoms. The molecule has 1 amide bonds. The number of rotatable bonds is 5. The Bertz CT molecular complexity index is 957. The van der Waals surface area contributed by atoms with Crippen molar-refractivity contribution in [3.05, 3.63) is 39.4 Å². The highest BCUT2D eigenvalue weighted by Gasteiger charge is 2.21. The molecule has 3 heterocycles. The van der Waals surface area contributed by atoms with Crippen LogP contribution in [0.25, 0.3) is 11.3 Å². The van der Waals surface area contributed by atoms with E-state index in [-0.39, 0.29) is 35.7 Å². The van der Waals surface area contributed by atoms with Crippen molar-refractivity contribution in [2.24, 2.45) is 0 Å². The number of carbonyl (C=O) groups excluding carboxylic acids is 2. The van der Waals surface area contributed by atoms with Gasteiger partial charge in [-0.1, -0.05) is 0 Å². The average molecular weight is 361 g/mol. The molecule has 0 aliphatic carbocycles. The smallest absolute Gasteiger partial charge is 0.341 e. The zero-order valence-electron chi connectivity index (χ0n) is 13.5. The molecule has 25 heavy (non-hydrogen) atoms. The van der Waals surface area contributed by atoms with Gasteiger partial charge in [0, 0.05) is 30.7 Å². The van der Waals surface area contributed by atoms with Crippen LogP contribution in [-0.2, 0) is 16.1 Å². The molecule has 130 valence electrons. The van der Waals surface area contributed by atoms with E-state index in [4.69, 9.17) is 4.74 Å². The van der Waals surface area contributed by atoms with Gasteiger partial charge in [0.25, 0.3) is 5.56 Å². The van der Waals surface area contributed by atoms with Gasteiger partial charge >= 0.3 is 5.97 Å². The first kappa shape index (κ1) is 16.8. The second-order valence-electron chi connectivity index (χ2n) is 5.31. The highest BCUT2D eigenvalue weighted by molar-refractivity contribution is 7.13. The highest BCUT2D eigenvalue weighted by Crippen LogP contribution is 2.21. The number of hydrogen-bond donors (Lipinski definition) is 2. The number of amides is 1. The van der Waals surface area contributed by atoms with Crippen LogP contribution in [0.4, 0.5) is 5.13 Å². The molecule has 2 N–H and O–H groups in total. The molecule has 0 unspecified atom stereocenters. The van der Waals surface area contributed by atoms with E-state index >= 15 is 0 Å². The number of aryl methyl sites for hydroxylation is 2. The summed E-state index contributed by atoms with van der Waals surface area (Å²) in [6.07, 6.45) is 3.21. The van der Waals surface area contributed by atoms with Crippen LogP contribution in [0.1, 0.15) is 22.5 Å². The summed E-state index contributed by atoms with van der Waals surface area (Å²) in [5, 5.41) is 11.2. The molecule has 2 aliphatic heterocycles. The van der Waals surface area contributed by atoms with Gasteiger partial charge in [-0.3, -0.25) is 9.59 Å². The normalized spacial score (nSPS) is 10.8. The number of hydrogen-bond acceptors (Lipinski definition) is 7. The van der Waals surface area contributed by atoms with Gasteiger partial charge in [0.05, 0.1) is 18.4 Å². The van der Waals surface area contributed by atoms with E-state index in [0.29, 0.717) is 5.13 Å². The Morgan fingerprint density at radius 2 is 2.20 bits per heavy atom. The van der Waals surface area contributed by atoms with Gasteiger partial charge in [0.1, 0.15) is 11.3 Å². The van der Waals surface area contributed by atoms with Crippen molar-refractivity contribution >= 4 is 28.3 Å². The van der Waals surface area contributed by atoms with Gasteiger partial charge in [0.15, 0.2) is 5.13 Å². The fourth-order valence-corrected chi connectivity index (χ4v) is 3.01. The minimum atomic E-state index is -0.603. The maximum Gasteiger partial charge on any atom is 0.341 e. The van der Waals surface area contributed by atoms with Gasteiger partial charge in [-0.05, 0) is 6.92 Å². The number of thiazole rings is 1. The van der Waals surface area contributed by atoms with E-state index in [2.05, 4.69) is 20.5 Å². The number of carbonyl (C=O) groups is 2. The largest absolute Gasteiger partial charge is 0.465 e. The number of aromatic nitrogens is 4. The minimum Gasteiger partial charge on any atom is -0.465 e. The van der Waals surface area contributed by atoms with Crippen molar-refractivity contribution in [2.45, 2.75) is 19.9 Å². The zero-order valence-corrected chi connectivity index (χ0v) is 14.3. The van der Waals surface area contributed by atoms with Crippen LogP contribution in [0.2, 0.25) is 0 Å². The van der Waals surface area contributed by atoms with E-state index < -0.39 is 11.5 Å². The fraction of sp³-hybridized carbons (Fsp3) is 0.267. The number of nitrogens with one attached hydrogen (secondary N) is 2. The van der Waals surface area contributed by atoms with E-state index in [9.17, 15) is 14.4 Å². The van der Waals surface area contributed by atoms with Crippen LogP contribution in [0.3, 0.4) is 0 Å². The third kappa shape index (κ3) is 3.58. The van der Waals surface area contributed by atoms with Gasteiger partial charge < -0.3 is 14.6 Å². The molecule has 0 atom stereocenters. The van der Waals surface area contributed by atoms with Crippen molar-refractivity contribution in [2.75, 3.05) is 12.4 Å². The van der Waals surface area contributed by atoms with Crippen molar-refractivity contribution in [3.8, 4) is 11.3 Å². The molecule has 9 nitrogen and oxygen atoms in total. The van der Waals surface area contributed by atoms with Crippen molar-refractivity contribution < 1.29 is 14.3 Å². The van der Waals surface area contributed by atoms with Crippen molar-refractivity contribution in [1.82, 2.24) is 19.7 Å². The second kappa shape index (κ2) is 6.85. The Morgan fingerprint density at radius 1 is 1.40 bits per heavy atom. The predicted molar refractivity (Wildman–Crippen MR) is 90.9 cm³/mol. The lowest BCUT2D eigenvalue weighted by Gasteiger charge is -2.11. The first-order chi connectivity index (χ1) is 12.0. The Balaban J connectivity index is 1.78. The van der Waals surface area contributed by atoms with E-state index in [1.807, 2.05) is 12.3 Å². The standard InChI is InChI=1S/C15H15N5O4S/c1-8-7-25-15(16-8)17-11(21)3-4-20-5-9-12(18-19-13(9)22)10(6-20)14(23)24-2/h5-7H,3-4H2,1-2H3,(H,19,22)(H,16,17,21). The Hall–Kier alpha value is -3.01. The summed E-state index contributed by atoms with van der Waals surface area (Å²) in [7, 11) is 1.25. The number of esters is 1. The first-order valence-corrected chi connectivity index (χ1v) is 8.24. The highest BCUT2D eigenvalue weighted by atomic mass is 32.1. The van der Waals surface area contributed by atoms with E-state index in [1.54, 1.807) is 10.8 Å². The summed E-state index contributed by atoms with van der Waals surface area (Å²) >= 11 is 1.35. The molecule has 0 saturated heterocycles. The summed E-state index contributed by atoms with van der Waals surface area (Å²) in [6.45, 7) is 2.12. The predicted octanol–water partition coefficient (Wildman–Crippen LogP) is 1.26. The molecular weight excluding hydrogens is 346 g/mol. The third-order valence-electron chi connectivity index (χ3n) is 3.48. The van der Waals surface area contributed by atoms with Crippen LogP contribution in [0.5, 0.6) is 0 Å². The summed E-state index contributed by atoms with van der Waals surface area (Å²) in [6, 6.07) is 0. The van der Waals surface area contributed by atoms with Gasteiger partial charge in [0.2, 0.25) is 5.91 Å². The lowest BCUT2D eigenvalue weighted by Crippen LogP contribution is -2.16. The number of methoxy groups -OCH3 is 1. The summed E-state index contributed by atoms with van der Waals surface area (Å²) in [4.78, 5) is 39.9.